The Morgan fingerprint density at radius 3 is 1.31 bits per heavy atom. The van der Waals surface area contributed by atoms with Gasteiger partial charge in [0.1, 0.15) is 0 Å². The molecule has 0 aliphatic rings. The lowest BCUT2D eigenvalue weighted by Crippen LogP contribution is -2.09. The van der Waals surface area contributed by atoms with E-state index in [2.05, 4.69) is 0 Å². The van der Waals surface area contributed by atoms with E-state index in [1.165, 1.54) is 0 Å². The lowest BCUT2D eigenvalue weighted by molar-refractivity contribution is 1.28. The fraction of sp³-hybridized carbons (Fsp3) is 0. The number of nitrogens with zero attached hydrogens (tertiary/aromatic N) is 1. The van der Waals surface area contributed by atoms with Gasteiger partial charge in [-0.05, 0) is 142 Å². The van der Waals surface area contributed by atoms with Crippen molar-refractivity contribution in [3.8, 4) is 55.6 Å². The Kier molecular flexibility index (Phi) is 6.53. The van der Waals surface area contributed by atoms with Crippen LogP contribution in [0.3, 0.4) is 0 Å². The van der Waals surface area contributed by atoms with Crippen molar-refractivity contribution in [3.05, 3.63) is 248 Å². The zero-order valence-electron chi connectivity index (χ0n) is 44.7. The third-order valence-electron chi connectivity index (χ3n) is 11.1. The summed E-state index contributed by atoms with van der Waals surface area (Å²) in [7, 11) is 0. The fourth-order valence-corrected chi connectivity index (χ4v) is 8.08. The molecule has 61 heavy (non-hydrogen) atoms. The topological polar surface area (TPSA) is 3.24 Å². The zero-order valence-corrected chi connectivity index (χ0v) is 32.7. The maximum Gasteiger partial charge on any atom is 0.0645 e. The van der Waals surface area contributed by atoms with E-state index in [1.54, 1.807) is 36.4 Å². The predicted molar refractivity (Wildman–Crippen MR) is 261 cm³/mol. The van der Waals surface area contributed by atoms with Gasteiger partial charge in [-0.15, -0.1) is 0 Å². The molecule has 0 amide bonds. The van der Waals surface area contributed by atoms with Crippen molar-refractivity contribution < 1.29 is 16.4 Å². The van der Waals surface area contributed by atoms with Crippen LogP contribution in [0.4, 0.5) is 17.1 Å². The summed E-state index contributed by atoms with van der Waals surface area (Å²) in [6, 6.07) is 47.2. The molecule has 11 aromatic carbocycles. The summed E-state index contributed by atoms with van der Waals surface area (Å²) >= 11 is 0. The average molecular weight is 788 g/mol. The van der Waals surface area contributed by atoms with E-state index in [-0.39, 0.29) is 16.7 Å². The van der Waals surface area contributed by atoms with Crippen molar-refractivity contribution >= 4 is 49.4 Å². The largest absolute Gasteiger partial charge is 0.311 e. The van der Waals surface area contributed by atoms with Crippen LogP contribution in [0.5, 0.6) is 0 Å². The molecule has 0 heterocycles. The van der Waals surface area contributed by atoms with Gasteiger partial charge in [0.25, 0.3) is 0 Å². The number of hydrogen-bond donors (Lipinski definition) is 0. The average Bonchev–Trinajstić information content (AvgIpc) is 3.42. The first kappa shape index (κ1) is 25.5. The molecule has 0 fully saturated rings. The highest BCUT2D eigenvalue weighted by Crippen LogP contribution is 2.41. The molecule has 11 aromatic rings. The third-order valence-corrected chi connectivity index (χ3v) is 11.1. The monoisotopic (exact) mass is 787 g/mol. The first-order chi connectivity index (χ1) is 35.3. The van der Waals surface area contributed by atoms with Crippen molar-refractivity contribution in [1.29, 1.82) is 0 Å². The fourth-order valence-electron chi connectivity index (χ4n) is 8.08. The third kappa shape index (κ3) is 6.93. The van der Waals surface area contributed by atoms with Gasteiger partial charge in [0.15, 0.2) is 0 Å². The Hall–Kier alpha value is -8.00. The van der Waals surface area contributed by atoms with Crippen molar-refractivity contribution in [1.82, 2.24) is 0 Å². The number of fused-ring (bicyclic) bond motifs is 4. The summed E-state index contributed by atoms with van der Waals surface area (Å²) in [5.41, 5.74) is 2.48. The molecule has 0 saturated carbocycles. The van der Waals surface area contributed by atoms with E-state index in [9.17, 15) is 16.4 Å². The van der Waals surface area contributed by atoms with E-state index < -0.39 is 89.6 Å². The van der Waals surface area contributed by atoms with Crippen LogP contribution in [0.15, 0.2) is 248 Å². The quantitative estimate of drug-likeness (QED) is 0.139. The maximum absolute atomic E-state index is 9.78. The Morgan fingerprint density at radius 1 is 0.246 bits per heavy atom. The van der Waals surface area contributed by atoms with Crippen LogP contribution in [0.2, 0.25) is 0 Å². The molecule has 0 radical (unpaired) electrons. The standard InChI is InChI=1S/C60H41N/c1-2-13-42(14-3-1)47-18-10-19-48(39-47)43-27-33-52(34-28-43)61(54-37-31-46(32-38-54)60-41-51-16-5-7-23-57(51)58-24-8-9-25-59(58)60)53-35-29-44(30-36-53)49-20-11-21-50(40-49)56-26-12-17-45-15-4-6-22-55(45)56/h1-41H/i27D,28D,29D,30D,31D,32D,33D,34D,35D,36D,37D,38D. The van der Waals surface area contributed by atoms with Gasteiger partial charge in [0, 0.05) is 17.1 Å². The second-order valence-electron chi connectivity index (χ2n) is 14.8. The van der Waals surface area contributed by atoms with Crippen molar-refractivity contribution in [3.63, 3.8) is 0 Å². The van der Waals surface area contributed by atoms with Crippen LogP contribution in [0.25, 0.3) is 88.0 Å². The Morgan fingerprint density at radius 2 is 0.672 bits per heavy atom. The summed E-state index contributed by atoms with van der Waals surface area (Å²) in [4.78, 5) is 0.866. The minimum atomic E-state index is -0.676. The van der Waals surface area contributed by atoms with Crippen LogP contribution in [0, 0.1) is 0 Å². The van der Waals surface area contributed by atoms with Crippen molar-refractivity contribution in [2.75, 3.05) is 4.90 Å². The van der Waals surface area contributed by atoms with Gasteiger partial charge < -0.3 is 4.90 Å². The first-order valence-electron chi connectivity index (χ1n) is 26.0. The molecule has 286 valence electrons. The molecular weight excluding hydrogens is 735 g/mol. The maximum atomic E-state index is 9.78. The number of anilines is 3. The lowest BCUT2D eigenvalue weighted by Gasteiger charge is -2.26. The van der Waals surface area contributed by atoms with E-state index in [0.717, 1.165) is 54.1 Å². The normalized spacial score (nSPS) is 14.0. The Bertz CT molecular complexity index is 3990. The van der Waals surface area contributed by atoms with Gasteiger partial charge in [-0.25, -0.2) is 0 Å². The molecule has 0 spiro atoms. The van der Waals surface area contributed by atoms with Crippen molar-refractivity contribution in [2.45, 2.75) is 0 Å². The van der Waals surface area contributed by atoms with Crippen LogP contribution in [-0.2, 0) is 0 Å². The summed E-state index contributed by atoms with van der Waals surface area (Å²) in [6.07, 6.45) is 0. The van der Waals surface area contributed by atoms with E-state index >= 15 is 0 Å². The highest BCUT2D eigenvalue weighted by Gasteiger charge is 2.16. The molecule has 0 aliphatic carbocycles. The molecule has 0 bridgehead atoms. The molecule has 11 rings (SSSR count). The Labute approximate surface area is 373 Å². The van der Waals surface area contributed by atoms with E-state index in [4.69, 9.17) is 0 Å². The molecule has 1 nitrogen and oxygen atoms in total. The van der Waals surface area contributed by atoms with E-state index in [1.807, 2.05) is 140 Å². The smallest absolute Gasteiger partial charge is 0.0645 e. The zero-order chi connectivity index (χ0) is 51.0. The minimum absolute atomic E-state index is 0.0465. The van der Waals surface area contributed by atoms with Crippen LogP contribution < -0.4 is 4.90 Å². The summed E-state index contributed by atoms with van der Waals surface area (Å²) in [6.45, 7) is 0. The van der Waals surface area contributed by atoms with Crippen LogP contribution in [0.1, 0.15) is 16.4 Å². The van der Waals surface area contributed by atoms with Gasteiger partial charge in [-0.3, -0.25) is 0 Å². The molecular formula is C60H41N. The molecule has 0 aliphatic heterocycles. The van der Waals surface area contributed by atoms with Crippen molar-refractivity contribution in [2.24, 2.45) is 0 Å². The second-order valence-corrected chi connectivity index (χ2v) is 14.8. The molecule has 0 atom stereocenters. The summed E-state index contributed by atoms with van der Waals surface area (Å²) < 4.78 is 116. The minimum Gasteiger partial charge on any atom is -0.311 e. The highest BCUT2D eigenvalue weighted by atomic mass is 15.1. The van der Waals surface area contributed by atoms with Gasteiger partial charge in [0.05, 0.1) is 16.4 Å². The first-order valence-corrected chi connectivity index (χ1v) is 20.0. The van der Waals surface area contributed by atoms with E-state index in [0.29, 0.717) is 22.1 Å². The van der Waals surface area contributed by atoms with Gasteiger partial charge in [0.2, 0.25) is 0 Å². The predicted octanol–water partition coefficient (Wildman–Crippen LogP) is 17.0. The van der Waals surface area contributed by atoms with Crippen LogP contribution >= 0.6 is 0 Å². The summed E-state index contributed by atoms with van der Waals surface area (Å²) in [5.74, 6) is 0. The summed E-state index contributed by atoms with van der Waals surface area (Å²) in [5, 5.41) is 5.19. The molecule has 0 aromatic heterocycles. The number of rotatable bonds is 8. The van der Waals surface area contributed by atoms with Gasteiger partial charge >= 0.3 is 0 Å². The molecule has 0 unspecified atom stereocenters. The Balaban J connectivity index is 1.17. The lowest BCUT2D eigenvalue weighted by atomic mass is 9.93. The SMILES string of the molecule is [2H]c1c([2H])c(N(c2c([2H])c([2H])c(-c3cccc(-c4cccc5ccccc45)c3)c([2H])c2[2H])c2c([2H])c([2H])c(-c3cc4ccccc4c4ccccc34)c([2H])c2[2H])c([2H])c([2H])c1-c1cccc(-c2ccccc2)c1. The second kappa shape index (κ2) is 15.6. The number of benzene rings is 11. The molecule has 1 heteroatoms. The van der Waals surface area contributed by atoms with Crippen LogP contribution in [-0.4, -0.2) is 0 Å². The molecule has 0 saturated heterocycles. The molecule has 0 N–H and O–H groups in total. The number of hydrogen-bond acceptors (Lipinski definition) is 1. The van der Waals surface area contributed by atoms with Gasteiger partial charge in [-0.2, -0.15) is 0 Å². The van der Waals surface area contributed by atoms with Gasteiger partial charge in [-0.1, -0.05) is 194 Å². The highest BCUT2D eigenvalue weighted by molar-refractivity contribution is 6.13.